The first kappa shape index (κ1) is 18.2. The predicted octanol–water partition coefficient (Wildman–Crippen LogP) is 4.73. The van der Waals surface area contributed by atoms with Gasteiger partial charge in [-0.15, -0.1) is 11.3 Å². The van der Waals surface area contributed by atoms with E-state index in [1.165, 1.54) is 11.3 Å². The molecule has 7 heteroatoms. The van der Waals surface area contributed by atoms with Crippen molar-refractivity contribution < 1.29 is 4.74 Å². The van der Waals surface area contributed by atoms with Gasteiger partial charge in [-0.05, 0) is 48.0 Å². The van der Waals surface area contributed by atoms with E-state index >= 15 is 0 Å². The lowest BCUT2D eigenvalue weighted by atomic mass is 10.2. The van der Waals surface area contributed by atoms with Crippen molar-refractivity contribution in [3.05, 3.63) is 81.9 Å². The molecule has 2 aromatic heterocycles. The maximum atomic E-state index is 12.8. The molecule has 2 aromatic carbocycles. The van der Waals surface area contributed by atoms with E-state index in [1.54, 1.807) is 35.2 Å². The molecule has 0 bridgehead atoms. The number of rotatable bonds is 5. The second kappa shape index (κ2) is 7.85. The van der Waals surface area contributed by atoms with Gasteiger partial charge in [-0.2, -0.15) is 5.26 Å². The molecule has 0 saturated carbocycles. The Morgan fingerprint density at radius 2 is 1.89 bits per heavy atom. The van der Waals surface area contributed by atoms with Gasteiger partial charge >= 0.3 is 0 Å². The van der Waals surface area contributed by atoms with Crippen molar-refractivity contribution >= 4 is 33.2 Å². The van der Waals surface area contributed by atoms with Crippen LogP contribution in [0.15, 0.2) is 65.7 Å². The first-order chi connectivity index (χ1) is 13.6. The molecule has 5 nitrogen and oxygen atoms in total. The lowest BCUT2D eigenvalue weighted by molar-refractivity contribution is 0.296. The number of fused-ring (bicyclic) bond motifs is 1. The van der Waals surface area contributed by atoms with Crippen molar-refractivity contribution in [2.75, 3.05) is 6.61 Å². The number of ether oxygens (including phenoxy) is 1. The van der Waals surface area contributed by atoms with Gasteiger partial charge in [0.15, 0.2) is 0 Å². The number of thiophene rings is 1. The molecule has 0 aliphatic rings. The quantitative estimate of drug-likeness (QED) is 0.479. The van der Waals surface area contributed by atoms with Crippen LogP contribution >= 0.6 is 22.9 Å². The molecular formula is C21H14ClN3O2S. The monoisotopic (exact) mass is 407 g/mol. The highest BCUT2D eigenvalue weighted by Crippen LogP contribution is 2.31. The van der Waals surface area contributed by atoms with Crippen LogP contribution in [0.25, 0.3) is 20.7 Å². The summed E-state index contributed by atoms with van der Waals surface area (Å²) in [6, 6.07) is 18.4. The lowest BCUT2D eigenvalue weighted by Crippen LogP contribution is -2.22. The van der Waals surface area contributed by atoms with Crippen LogP contribution in [-0.4, -0.2) is 16.2 Å². The van der Waals surface area contributed by atoms with Gasteiger partial charge in [0.05, 0.1) is 30.0 Å². The van der Waals surface area contributed by atoms with Gasteiger partial charge < -0.3 is 4.74 Å². The second-order valence-corrected chi connectivity index (χ2v) is 7.55. The number of nitriles is 1. The Labute approximate surface area is 170 Å². The molecule has 138 valence electrons. The molecule has 0 radical (unpaired) electrons. The molecular weight excluding hydrogens is 394 g/mol. The number of aromatic nitrogens is 2. The van der Waals surface area contributed by atoms with Crippen molar-refractivity contribution in [2.24, 2.45) is 0 Å². The summed E-state index contributed by atoms with van der Waals surface area (Å²) < 4.78 is 7.82. The van der Waals surface area contributed by atoms with Crippen LogP contribution in [0.5, 0.6) is 5.75 Å². The van der Waals surface area contributed by atoms with E-state index in [-0.39, 0.29) is 5.56 Å². The highest BCUT2D eigenvalue weighted by molar-refractivity contribution is 7.22. The minimum Gasteiger partial charge on any atom is -0.492 e. The van der Waals surface area contributed by atoms with E-state index in [0.717, 1.165) is 10.4 Å². The molecule has 0 unspecified atom stereocenters. The Balaban J connectivity index is 1.51. The number of hydrogen-bond donors (Lipinski definition) is 0. The average molecular weight is 408 g/mol. The van der Waals surface area contributed by atoms with Gasteiger partial charge in [0.1, 0.15) is 17.1 Å². The zero-order valence-electron chi connectivity index (χ0n) is 14.6. The van der Waals surface area contributed by atoms with Crippen molar-refractivity contribution in [2.45, 2.75) is 6.54 Å². The maximum Gasteiger partial charge on any atom is 0.271 e. The zero-order chi connectivity index (χ0) is 19.5. The van der Waals surface area contributed by atoms with Crippen LogP contribution in [0, 0.1) is 11.3 Å². The standard InChI is InChI=1S/C21H14ClN3O2S/c22-16-5-3-15(4-6-16)19-11-18-20(28-19)21(26)25(13-24-18)9-10-27-17-7-1-14(12-23)2-8-17/h1-8,11,13H,9-10H2. The topological polar surface area (TPSA) is 67.9 Å². The van der Waals surface area contributed by atoms with Crippen LogP contribution in [0.3, 0.4) is 0 Å². The Morgan fingerprint density at radius 1 is 1.14 bits per heavy atom. The minimum absolute atomic E-state index is 0.0846. The van der Waals surface area contributed by atoms with Crippen LogP contribution in [-0.2, 0) is 6.54 Å². The van der Waals surface area contributed by atoms with Gasteiger partial charge in [0.2, 0.25) is 0 Å². The third-order valence-electron chi connectivity index (χ3n) is 4.22. The van der Waals surface area contributed by atoms with Gasteiger partial charge in [0, 0.05) is 9.90 Å². The first-order valence-electron chi connectivity index (χ1n) is 8.52. The van der Waals surface area contributed by atoms with E-state index in [9.17, 15) is 4.79 Å². The van der Waals surface area contributed by atoms with Gasteiger partial charge in [-0.1, -0.05) is 23.7 Å². The highest BCUT2D eigenvalue weighted by atomic mass is 35.5. The maximum absolute atomic E-state index is 12.8. The third-order valence-corrected chi connectivity index (χ3v) is 5.63. The number of hydrogen-bond acceptors (Lipinski definition) is 5. The summed E-state index contributed by atoms with van der Waals surface area (Å²) >= 11 is 7.36. The van der Waals surface area contributed by atoms with Crippen LogP contribution in [0.2, 0.25) is 5.02 Å². The Hall–Kier alpha value is -3.14. The fourth-order valence-corrected chi connectivity index (χ4v) is 3.94. The fraction of sp³-hybridized carbons (Fsp3) is 0.0952. The smallest absolute Gasteiger partial charge is 0.271 e. The summed E-state index contributed by atoms with van der Waals surface area (Å²) in [6.07, 6.45) is 1.55. The molecule has 0 aliphatic carbocycles. The number of benzene rings is 2. The summed E-state index contributed by atoms with van der Waals surface area (Å²) in [5.74, 6) is 0.655. The predicted molar refractivity (Wildman–Crippen MR) is 111 cm³/mol. The third kappa shape index (κ3) is 3.77. The Kier molecular flexibility index (Phi) is 5.11. The Morgan fingerprint density at radius 3 is 2.61 bits per heavy atom. The number of halogens is 1. The highest BCUT2D eigenvalue weighted by Gasteiger charge is 2.10. The van der Waals surface area contributed by atoms with E-state index in [1.807, 2.05) is 30.3 Å². The molecule has 0 saturated heterocycles. The zero-order valence-corrected chi connectivity index (χ0v) is 16.2. The van der Waals surface area contributed by atoms with Crippen LogP contribution in [0.1, 0.15) is 5.56 Å². The van der Waals surface area contributed by atoms with Crippen molar-refractivity contribution in [1.82, 2.24) is 9.55 Å². The second-order valence-electron chi connectivity index (χ2n) is 6.06. The van der Waals surface area contributed by atoms with E-state index < -0.39 is 0 Å². The van der Waals surface area contributed by atoms with E-state index in [2.05, 4.69) is 11.1 Å². The van der Waals surface area contributed by atoms with Gasteiger partial charge in [-0.25, -0.2) is 4.98 Å². The van der Waals surface area contributed by atoms with Gasteiger partial charge in [0.25, 0.3) is 5.56 Å². The van der Waals surface area contributed by atoms with Crippen molar-refractivity contribution in [3.63, 3.8) is 0 Å². The molecule has 2 heterocycles. The van der Waals surface area contributed by atoms with E-state index in [0.29, 0.717) is 39.7 Å². The van der Waals surface area contributed by atoms with Gasteiger partial charge in [-0.3, -0.25) is 9.36 Å². The van der Waals surface area contributed by atoms with E-state index in [4.69, 9.17) is 21.6 Å². The molecule has 4 rings (SSSR count). The molecule has 0 N–H and O–H groups in total. The molecule has 28 heavy (non-hydrogen) atoms. The summed E-state index contributed by atoms with van der Waals surface area (Å²) in [7, 11) is 0. The first-order valence-corrected chi connectivity index (χ1v) is 9.71. The average Bonchev–Trinajstić information content (AvgIpc) is 3.16. The van der Waals surface area contributed by atoms with Crippen LogP contribution < -0.4 is 10.3 Å². The van der Waals surface area contributed by atoms with Crippen molar-refractivity contribution in [1.29, 1.82) is 5.26 Å². The summed E-state index contributed by atoms with van der Waals surface area (Å²) in [6.45, 7) is 0.713. The summed E-state index contributed by atoms with van der Waals surface area (Å²) in [4.78, 5) is 18.2. The summed E-state index contributed by atoms with van der Waals surface area (Å²) in [5, 5.41) is 9.49. The SMILES string of the molecule is N#Cc1ccc(OCCn2cnc3cc(-c4ccc(Cl)cc4)sc3c2=O)cc1. The fourth-order valence-electron chi connectivity index (χ4n) is 2.75. The molecule has 0 fully saturated rings. The summed E-state index contributed by atoms with van der Waals surface area (Å²) in [5.41, 5.74) is 2.18. The normalized spacial score (nSPS) is 10.7. The number of nitrogens with zero attached hydrogens (tertiary/aromatic N) is 3. The largest absolute Gasteiger partial charge is 0.492 e. The minimum atomic E-state index is -0.0846. The molecule has 4 aromatic rings. The van der Waals surface area contributed by atoms with Crippen molar-refractivity contribution in [3.8, 4) is 22.3 Å². The molecule has 0 spiro atoms. The lowest BCUT2D eigenvalue weighted by Gasteiger charge is -2.07. The van der Waals surface area contributed by atoms with Crippen LogP contribution in [0.4, 0.5) is 0 Å². The molecule has 0 aliphatic heterocycles. The molecule has 0 atom stereocenters. The molecule has 0 amide bonds. The Bertz CT molecular complexity index is 1220.